The van der Waals surface area contributed by atoms with Gasteiger partial charge in [-0.05, 0) is 18.9 Å². The second kappa shape index (κ2) is 10.2. The monoisotopic (exact) mass is 463 g/mol. The molecule has 3 unspecified atom stereocenters. The summed E-state index contributed by atoms with van der Waals surface area (Å²) in [6, 6.07) is 7.09. The van der Waals surface area contributed by atoms with Crippen molar-refractivity contribution in [3.8, 4) is 0 Å². The Bertz CT molecular complexity index is 978. The molecule has 8 N–H and O–H groups in total. The number of hydrazone groups is 1. The van der Waals surface area contributed by atoms with Gasteiger partial charge in [0.2, 0.25) is 5.91 Å². The summed E-state index contributed by atoms with van der Waals surface area (Å²) in [7, 11) is 0. The van der Waals surface area contributed by atoms with E-state index in [0.717, 1.165) is 6.92 Å². The minimum Gasteiger partial charge on any atom is -0.481 e. The molecular weight excluding hydrogens is 438 g/mol. The van der Waals surface area contributed by atoms with Gasteiger partial charge in [0.15, 0.2) is 5.54 Å². The van der Waals surface area contributed by atoms with Crippen LogP contribution in [0, 0.1) is 5.41 Å². The zero-order valence-electron chi connectivity index (χ0n) is 17.7. The molecule has 1 aliphatic heterocycles. The molecule has 0 aliphatic carbocycles. The Hall–Kier alpha value is -3.84. The molecule has 0 fully saturated rings. The Labute approximate surface area is 188 Å². The lowest BCUT2D eigenvalue weighted by atomic mass is 9.75. The summed E-state index contributed by atoms with van der Waals surface area (Å²) in [5.74, 6) is -5.65. The van der Waals surface area contributed by atoms with Gasteiger partial charge in [0.1, 0.15) is 11.5 Å². The molecule has 33 heavy (non-hydrogen) atoms. The van der Waals surface area contributed by atoms with Crippen LogP contribution in [0.15, 0.2) is 35.4 Å². The van der Waals surface area contributed by atoms with Gasteiger partial charge in [-0.25, -0.2) is 10.2 Å². The lowest BCUT2D eigenvalue weighted by Crippen LogP contribution is -2.62. The van der Waals surface area contributed by atoms with Crippen LogP contribution in [0.2, 0.25) is 0 Å². The van der Waals surface area contributed by atoms with Crippen molar-refractivity contribution in [3.05, 3.63) is 35.9 Å². The maximum atomic E-state index is 12.8. The molecule has 13 heteroatoms. The van der Waals surface area contributed by atoms with Crippen molar-refractivity contribution in [3.63, 3.8) is 0 Å². The average molecular weight is 463 g/mol. The number of nitrogens with two attached hydrogens (primary N) is 1. The minimum atomic E-state index is -2.35. The first-order chi connectivity index (χ1) is 15.4. The second-order valence-electron chi connectivity index (χ2n) is 7.75. The van der Waals surface area contributed by atoms with Gasteiger partial charge in [-0.15, -0.1) is 0 Å². The normalized spacial score (nSPS) is 20.1. The number of nitrogens with one attached hydrogen (secondary N) is 3. The molecule has 1 aromatic carbocycles. The van der Waals surface area contributed by atoms with Gasteiger partial charge >= 0.3 is 11.9 Å². The molecule has 1 aliphatic rings. The predicted octanol–water partition coefficient (Wildman–Crippen LogP) is -2.43. The Morgan fingerprint density at radius 2 is 1.85 bits per heavy atom. The number of carbonyl (C=O) groups is 5. The van der Waals surface area contributed by atoms with Crippen LogP contribution in [0.1, 0.15) is 18.9 Å². The fraction of sp³-hybridized carbons (Fsp3) is 0.400. The average Bonchev–Trinajstić information content (AvgIpc) is 3.05. The van der Waals surface area contributed by atoms with E-state index in [4.69, 9.17) is 10.8 Å². The quantitative estimate of drug-likeness (QED) is 0.173. The van der Waals surface area contributed by atoms with Crippen LogP contribution in [0.4, 0.5) is 0 Å². The van der Waals surface area contributed by atoms with E-state index in [-0.39, 0.29) is 12.1 Å². The molecule has 0 radical (unpaired) electrons. The molecule has 0 spiro atoms. The van der Waals surface area contributed by atoms with Gasteiger partial charge in [0.05, 0.1) is 18.7 Å². The summed E-state index contributed by atoms with van der Waals surface area (Å²) in [6.45, 7) is -0.367. The van der Waals surface area contributed by atoms with E-state index >= 15 is 0 Å². The SMILES string of the molecule is CC(N)(C(=O)O)C(=O)NC(CO)C(=O)NCC1(Cc2ccccc2)C(=O)NN=C1CC(=O)O. The number of rotatable bonds is 11. The Morgan fingerprint density at radius 1 is 1.21 bits per heavy atom. The van der Waals surface area contributed by atoms with E-state index < -0.39 is 66.2 Å². The summed E-state index contributed by atoms with van der Waals surface area (Å²) >= 11 is 0. The zero-order valence-corrected chi connectivity index (χ0v) is 17.7. The number of hydrogen-bond donors (Lipinski definition) is 7. The van der Waals surface area contributed by atoms with Crippen LogP contribution in [0.5, 0.6) is 0 Å². The summed E-state index contributed by atoms with van der Waals surface area (Å²) in [5.41, 5.74) is 4.45. The Morgan fingerprint density at radius 3 is 2.39 bits per heavy atom. The van der Waals surface area contributed by atoms with Crippen molar-refractivity contribution < 1.29 is 39.3 Å². The van der Waals surface area contributed by atoms with Crippen LogP contribution in [-0.4, -0.2) is 75.4 Å². The highest BCUT2D eigenvalue weighted by molar-refractivity contribution is 6.17. The molecule has 0 saturated carbocycles. The van der Waals surface area contributed by atoms with Crippen LogP contribution >= 0.6 is 0 Å². The van der Waals surface area contributed by atoms with Crippen molar-refractivity contribution in [2.24, 2.45) is 16.3 Å². The summed E-state index contributed by atoms with van der Waals surface area (Å²) in [5, 5.41) is 36.1. The lowest BCUT2D eigenvalue weighted by Gasteiger charge is -2.29. The van der Waals surface area contributed by atoms with Gasteiger partial charge in [-0.2, -0.15) is 5.10 Å². The minimum absolute atomic E-state index is 0.00542. The molecule has 0 saturated heterocycles. The summed E-state index contributed by atoms with van der Waals surface area (Å²) in [4.78, 5) is 59.9. The molecule has 2 rings (SSSR count). The standard InChI is InChI=1S/C20H25N5O8/c1-19(21,18(32)33)16(30)23-12(9-26)15(29)22-10-20(8-11-5-3-2-4-6-11)13(7-14(27)28)24-25-17(20)31/h2-6,12,26H,7-10,21H2,1H3,(H,22,29)(H,23,30)(H,25,31)(H,27,28)(H,32,33). The van der Waals surface area contributed by atoms with E-state index in [1.54, 1.807) is 30.3 Å². The molecule has 0 bridgehead atoms. The van der Waals surface area contributed by atoms with Gasteiger partial charge in [0, 0.05) is 6.54 Å². The Balaban J connectivity index is 2.24. The maximum absolute atomic E-state index is 12.8. The number of carbonyl (C=O) groups excluding carboxylic acids is 3. The van der Waals surface area contributed by atoms with E-state index in [0.29, 0.717) is 5.56 Å². The van der Waals surface area contributed by atoms with Crippen LogP contribution in [-0.2, 0) is 30.4 Å². The smallest absolute Gasteiger partial charge is 0.333 e. The maximum Gasteiger partial charge on any atom is 0.333 e. The number of amides is 3. The number of aliphatic carboxylic acids is 2. The molecule has 0 aromatic heterocycles. The number of benzene rings is 1. The number of carboxylic acid groups (broad SMARTS) is 2. The Kier molecular flexibility index (Phi) is 7.85. The van der Waals surface area contributed by atoms with Crippen molar-refractivity contribution in [2.45, 2.75) is 31.3 Å². The van der Waals surface area contributed by atoms with Gasteiger partial charge in [-0.3, -0.25) is 19.2 Å². The number of aliphatic hydroxyl groups is 1. The lowest BCUT2D eigenvalue weighted by molar-refractivity contribution is -0.149. The number of carboxylic acids is 2. The molecule has 178 valence electrons. The van der Waals surface area contributed by atoms with Gasteiger partial charge < -0.3 is 31.7 Å². The van der Waals surface area contributed by atoms with Crippen molar-refractivity contribution in [1.29, 1.82) is 0 Å². The highest BCUT2D eigenvalue weighted by atomic mass is 16.4. The summed E-state index contributed by atoms with van der Waals surface area (Å²) < 4.78 is 0. The third-order valence-corrected chi connectivity index (χ3v) is 5.23. The van der Waals surface area contributed by atoms with E-state index in [1.165, 1.54) is 0 Å². The van der Waals surface area contributed by atoms with E-state index in [1.807, 2.05) is 5.32 Å². The van der Waals surface area contributed by atoms with E-state index in [2.05, 4.69) is 15.8 Å². The molecule has 1 heterocycles. The fourth-order valence-corrected chi connectivity index (χ4v) is 3.15. The molecule has 3 atom stereocenters. The second-order valence-corrected chi connectivity index (χ2v) is 7.75. The molecule has 13 nitrogen and oxygen atoms in total. The number of nitrogens with zero attached hydrogens (tertiary/aromatic N) is 1. The first-order valence-corrected chi connectivity index (χ1v) is 9.79. The van der Waals surface area contributed by atoms with Crippen molar-refractivity contribution >= 4 is 35.4 Å². The third kappa shape index (κ3) is 5.70. The fourth-order valence-electron chi connectivity index (χ4n) is 3.15. The van der Waals surface area contributed by atoms with Gasteiger partial charge in [-0.1, -0.05) is 30.3 Å². The van der Waals surface area contributed by atoms with Crippen LogP contribution < -0.4 is 21.8 Å². The highest BCUT2D eigenvalue weighted by Gasteiger charge is 2.48. The van der Waals surface area contributed by atoms with Crippen molar-refractivity contribution in [1.82, 2.24) is 16.1 Å². The largest absolute Gasteiger partial charge is 0.481 e. The third-order valence-electron chi connectivity index (χ3n) is 5.23. The number of hydrogen-bond acceptors (Lipinski definition) is 8. The summed E-state index contributed by atoms with van der Waals surface area (Å²) in [6.07, 6.45) is -0.548. The van der Waals surface area contributed by atoms with E-state index in [9.17, 15) is 34.2 Å². The first-order valence-electron chi connectivity index (χ1n) is 9.79. The van der Waals surface area contributed by atoms with Gasteiger partial charge in [0.25, 0.3) is 11.8 Å². The highest BCUT2D eigenvalue weighted by Crippen LogP contribution is 2.30. The molecule has 1 aromatic rings. The zero-order chi connectivity index (χ0) is 24.8. The molecular formula is C20H25N5O8. The van der Waals surface area contributed by atoms with Crippen LogP contribution in [0.3, 0.4) is 0 Å². The number of aliphatic hydroxyl groups excluding tert-OH is 1. The topological polar surface area (TPSA) is 221 Å². The molecule has 3 amide bonds. The van der Waals surface area contributed by atoms with Crippen molar-refractivity contribution in [2.75, 3.05) is 13.2 Å². The van der Waals surface area contributed by atoms with Crippen LogP contribution in [0.25, 0.3) is 0 Å². The first kappa shape index (κ1) is 25.4. The predicted molar refractivity (Wildman–Crippen MR) is 113 cm³/mol.